The van der Waals surface area contributed by atoms with Crippen molar-refractivity contribution in [3.63, 3.8) is 0 Å². The molecule has 2 aromatic carbocycles. The molecule has 3 unspecified atom stereocenters. The second-order valence-electron chi connectivity index (χ2n) is 18.4. The monoisotopic (exact) mass is 730 g/mol. The van der Waals surface area contributed by atoms with Gasteiger partial charge in [-0.3, -0.25) is 0 Å². The van der Waals surface area contributed by atoms with Gasteiger partial charge in [0.2, 0.25) is 0 Å². The molecule has 0 aliphatic rings. The van der Waals surface area contributed by atoms with Crippen molar-refractivity contribution in [3.05, 3.63) is 60.7 Å². The first-order valence-electron chi connectivity index (χ1n) is 19.0. The van der Waals surface area contributed by atoms with Crippen LogP contribution in [0.2, 0.25) is 41.3 Å². The Balaban J connectivity index is 2.05. The lowest BCUT2D eigenvalue weighted by Gasteiger charge is -2.44. The molecule has 0 bridgehead atoms. The van der Waals surface area contributed by atoms with E-state index >= 15 is 0 Å². The van der Waals surface area contributed by atoms with Gasteiger partial charge >= 0.3 is 0 Å². The van der Waals surface area contributed by atoms with Crippen LogP contribution in [0.5, 0.6) is 0 Å². The highest BCUT2D eigenvalue weighted by atomic mass is 28.4. The first-order valence-corrected chi connectivity index (χ1v) is 26.7. The average molecular weight is 731 g/mol. The van der Waals surface area contributed by atoms with E-state index in [1.807, 2.05) is 0 Å². The van der Waals surface area contributed by atoms with Gasteiger partial charge in [-0.1, -0.05) is 123 Å². The van der Waals surface area contributed by atoms with Crippen LogP contribution < -0.4 is 10.4 Å². The molecule has 0 aromatic heterocycles. The molecule has 2 aromatic rings. The maximum Gasteiger partial charge on any atom is 0.261 e. The van der Waals surface area contributed by atoms with Crippen LogP contribution in [0.4, 0.5) is 0 Å². The second kappa shape index (κ2) is 18.6. The Kier molecular flexibility index (Phi) is 16.7. The largest absolute Gasteiger partial charge is 0.417 e. The molecule has 0 heterocycles. The third kappa shape index (κ3) is 13.1. The molecular formula is C41H74O5Si3. The summed E-state index contributed by atoms with van der Waals surface area (Å²) in [6, 6.07) is 21.6. The van der Waals surface area contributed by atoms with Crippen molar-refractivity contribution in [1.82, 2.24) is 0 Å². The Morgan fingerprint density at radius 2 is 0.959 bits per heavy atom. The number of unbranched alkanes of at least 4 members (excludes halogenated alkanes) is 1. The SMILES string of the molecule is CC(C)(C)[Si](C)(C)OCCCCC(O)CCC(O)CCC(CCO[Si](c1ccccc1)(c1ccccc1)C(C)(C)C)O[Si](C)(C)C(C)(C)C. The molecule has 0 aliphatic carbocycles. The van der Waals surface area contributed by atoms with Crippen LogP contribution in [0.15, 0.2) is 60.7 Å². The molecule has 0 saturated carbocycles. The highest BCUT2D eigenvalue weighted by Crippen LogP contribution is 2.40. The zero-order chi connectivity index (χ0) is 37.2. The Morgan fingerprint density at radius 3 is 1.41 bits per heavy atom. The quantitative estimate of drug-likeness (QED) is 0.105. The lowest BCUT2D eigenvalue weighted by molar-refractivity contribution is 0.0805. The van der Waals surface area contributed by atoms with Gasteiger partial charge in [0.1, 0.15) is 0 Å². The maximum atomic E-state index is 11.0. The molecule has 3 atom stereocenters. The molecule has 0 radical (unpaired) electrons. The van der Waals surface area contributed by atoms with Crippen molar-refractivity contribution in [3.8, 4) is 0 Å². The molecule has 2 rings (SSSR count). The van der Waals surface area contributed by atoms with E-state index in [0.29, 0.717) is 25.9 Å². The first-order chi connectivity index (χ1) is 22.5. The van der Waals surface area contributed by atoms with Gasteiger partial charge in [0.15, 0.2) is 16.6 Å². The van der Waals surface area contributed by atoms with Gasteiger partial charge in [-0.15, -0.1) is 0 Å². The Morgan fingerprint density at radius 1 is 0.510 bits per heavy atom. The minimum absolute atomic E-state index is 0.000389. The Hall–Kier alpha value is -1.11. The minimum atomic E-state index is -2.64. The zero-order valence-electron chi connectivity index (χ0n) is 33.7. The van der Waals surface area contributed by atoms with Gasteiger partial charge < -0.3 is 23.5 Å². The molecule has 0 aliphatic heterocycles. The van der Waals surface area contributed by atoms with E-state index in [0.717, 1.165) is 38.7 Å². The number of aliphatic hydroxyl groups is 2. The summed E-state index contributed by atoms with van der Waals surface area (Å²) < 4.78 is 20.6. The molecule has 5 nitrogen and oxygen atoms in total. The third-order valence-electron chi connectivity index (χ3n) is 11.3. The first kappa shape index (κ1) is 44.1. The van der Waals surface area contributed by atoms with E-state index in [1.54, 1.807) is 0 Å². The summed E-state index contributed by atoms with van der Waals surface area (Å²) in [6.07, 6.45) is 5.26. The summed E-state index contributed by atoms with van der Waals surface area (Å²) in [4.78, 5) is 0. The van der Waals surface area contributed by atoms with E-state index in [1.165, 1.54) is 10.4 Å². The van der Waals surface area contributed by atoms with Crippen LogP contribution >= 0.6 is 0 Å². The van der Waals surface area contributed by atoms with Crippen LogP contribution in [0.1, 0.15) is 114 Å². The van der Waals surface area contributed by atoms with Crippen LogP contribution in [-0.2, 0) is 13.3 Å². The standard InChI is InChI=1S/C41H74O5Si3/c1-39(2,3)47(10,11)44-32-21-20-22-34(42)27-28-35(43)29-30-36(46-48(12,13)40(4,5)6)31-33-45-49(41(7,8)9,37-23-16-14-17-24-37)38-25-18-15-19-26-38/h14-19,23-26,34-36,42-43H,20-22,27-33H2,1-13H3. The molecule has 0 amide bonds. The van der Waals surface area contributed by atoms with Crippen molar-refractivity contribution in [1.29, 1.82) is 0 Å². The topological polar surface area (TPSA) is 68.2 Å². The smallest absolute Gasteiger partial charge is 0.261 e. The zero-order valence-corrected chi connectivity index (χ0v) is 36.7. The average Bonchev–Trinajstić information content (AvgIpc) is 2.99. The van der Waals surface area contributed by atoms with Crippen molar-refractivity contribution in [2.24, 2.45) is 0 Å². The van der Waals surface area contributed by atoms with Crippen molar-refractivity contribution in [2.75, 3.05) is 13.2 Å². The highest BCUT2D eigenvalue weighted by molar-refractivity contribution is 6.99. The molecule has 0 saturated heterocycles. The van der Waals surface area contributed by atoms with E-state index < -0.39 is 31.1 Å². The molecule has 2 N–H and O–H groups in total. The lowest BCUT2D eigenvalue weighted by atomic mass is 10.0. The van der Waals surface area contributed by atoms with Gasteiger partial charge in [0, 0.05) is 19.3 Å². The summed E-state index contributed by atoms with van der Waals surface area (Å²) in [5, 5.41) is 24.5. The van der Waals surface area contributed by atoms with Crippen LogP contribution in [0, 0.1) is 0 Å². The summed E-state index contributed by atoms with van der Waals surface area (Å²) in [6.45, 7) is 31.2. The van der Waals surface area contributed by atoms with Crippen molar-refractivity contribution >= 4 is 35.3 Å². The fourth-order valence-electron chi connectivity index (χ4n) is 6.04. The number of rotatable bonds is 20. The molecular weight excluding hydrogens is 657 g/mol. The van der Waals surface area contributed by atoms with E-state index in [2.05, 4.69) is 149 Å². The number of benzene rings is 2. The van der Waals surface area contributed by atoms with E-state index in [9.17, 15) is 10.2 Å². The van der Waals surface area contributed by atoms with E-state index in [4.69, 9.17) is 13.3 Å². The Labute approximate surface area is 305 Å². The van der Waals surface area contributed by atoms with Crippen LogP contribution in [-0.4, -0.2) is 66.7 Å². The predicted octanol–water partition coefficient (Wildman–Crippen LogP) is 9.82. The highest BCUT2D eigenvalue weighted by Gasteiger charge is 2.50. The van der Waals surface area contributed by atoms with Gasteiger partial charge in [0.25, 0.3) is 8.32 Å². The van der Waals surface area contributed by atoms with Crippen molar-refractivity contribution < 1.29 is 23.5 Å². The number of hydrogen-bond donors (Lipinski definition) is 2. The van der Waals surface area contributed by atoms with Crippen LogP contribution in [0.25, 0.3) is 0 Å². The molecule has 280 valence electrons. The molecule has 0 fully saturated rings. The van der Waals surface area contributed by atoms with E-state index in [-0.39, 0.29) is 27.3 Å². The summed E-state index contributed by atoms with van der Waals surface area (Å²) >= 11 is 0. The van der Waals surface area contributed by atoms with Gasteiger partial charge in [-0.25, -0.2) is 0 Å². The normalized spacial score (nSPS) is 15.7. The van der Waals surface area contributed by atoms with Gasteiger partial charge in [-0.05, 0) is 103 Å². The van der Waals surface area contributed by atoms with Crippen LogP contribution in [0.3, 0.4) is 0 Å². The van der Waals surface area contributed by atoms with Gasteiger partial charge in [0.05, 0.1) is 12.2 Å². The van der Waals surface area contributed by atoms with Gasteiger partial charge in [-0.2, -0.15) is 0 Å². The summed E-state index contributed by atoms with van der Waals surface area (Å²) in [5.41, 5.74) is 0. The molecule has 49 heavy (non-hydrogen) atoms. The lowest BCUT2D eigenvalue weighted by Crippen LogP contribution is -2.66. The second-order valence-corrected chi connectivity index (χ2v) is 32.2. The molecule has 8 heteroatoms. The summed E-state index contributed by atoms with van der Waals surface area (Å²) in [7, 11) is -6.42. The number of hydrogen-bond acceptors (Lipinski definition) is 5. The minimum Gasteiger partial charge on any atom is -0.417 e. The predicted molar refractivity (Wildman–Crippen MR) is 218 cm³/mol. The maximum absolute atomic E-state index is 11.0. The van der Waals surface area contributed by atoms with Crippen molar-refractivity contribution in [2.45, 2.75) is 173 Å². The Bertz CT molecular complexity index is 1160. The fraction of sp³-hybridized carbons (Fsp3) is 0.707. The molecule has 0 spiro atoms. The fourth-order valence-corrected chi connectivity index (χ4v) is 13.1. The summed E-state index contributed by atoms with van der Waals surface area (Å²) in [5.74, 6) is 0. The number of aliphatic hydroxyl groups excluding tert-OH is 2. The third-order valence-corrected chi connectivity index (χ3v) is 25.4.